The second-order valence-electron chi connectivity index (χ2n) is 4.86. The van der Waals surface area contributed by atoms with E-state index in [1.54, 1.807) is 0 Å². The molecule has 0 saturated heterocycles. The van der Waals surface area contributed by atoms with E-state index in [-0.39, 0.29) is 22.9 Å². The van der Waals surface area contributed by atoms with Crippen molar-refractivity contribution in [3.05, 3.63) is 53.1 Å². The van der Waals surface area contributed by atoms with Gasteiger partial charge in [-0.1, -0.05) is 30.3 Å². The van der Waals surface area contributed by atoms with Gasteiger partial charge in [-0.25, -0.2) is 4.98 Å². The largest absolute Gasteiger partial charge is 0.383 e. The molecule has 0 atom stereocenters. The van der Waals surface area contributed by atoms with Gasteiger partial charge in [0.25, 0.3) is 0 Å². The number of benzene rings is 1. The standard InChI is InChI=1S/C17H15N5OS/c18-9-13-8-14(10-19)17(22-16(13)20)24-7-6-15(23)21-11-12-4-2-1-3-5-12/h1-5,8H,6-7,11H2,(H2,20,22)(H,21,23). The zero-order chi connectivity index (χ0) is 17.4. The lowest BCUT2D eigenvalue weighted by Gasteiger charge is -2.07. The summed E-state index contributed by atoms with van der Waals surface area (Å²) in [5, 5.41) is 21.3. The maximum atomic E-state index is 11.9. The first-order chi connectivity index (χ1) is 11.6. The van der Waals surface area contributed by atoms with Crippen LogP contribution in [0.1, 0.15) is 23.1 Å². The topological polar surface area (TPSA) is 116 Å². The van der Waals surface area contributed by atoms with Gasteiger partial charge in [0.15, 0.2) is 0 Å². The van der Waals surface area contributed by atoms with Gasteiger partial charge < -0.3 is 11.1 Å². The van der Waals surface area contributed by atoms with Crippen molar-refractivity contribution in [1.29, 1.82) is 10.5 Å². The highest BCUT2D eigenvalue weighted by Gasteiger charge is 2.11. The van der Waals surface area contributed by atoms with E-state index in [9.17, 15) is 4.79 Å². The average molecular weight is 337 g/mol. The molecule has 24 heavy (non-hydrogen) atoms. The Morgan fingerprint density at radius 1 is 1.21 bits per heavy atom. The number of anilines is 1. The van der Waals surface area contributed by atoms with Gasteiger partial charge in [-0.3, -0.25) is 4.79 Å². The van der Waals surface area contributed by atoms with Crippen LogP contribution in [0, 0.1) is 22.7 Å². The van der Waals surface area contributed by atoms with Crippen molar-refractivity contribution >= 4 is 23.5 Å². The molecular weight excluding hydrogens is 322 g/mol. The lowest BCUT2D eigenvalue weighted by molar-refractivity contribution is -0.120. The molecule has 3 N–H and O–H groups in total. The van der Waals surface area contributed by atoms with Crippen LogP contribution in [0.25, 0.3) is 0 Å². The molecule has 120 valence electrons. The Bertz CT molecular complexity index is 808. The molecule has 2 rings (SSSR count). The number of rotatable bonds is 6. The van der Waals surface area contributed by atoms with Crippen LogP contribution in [0.15, 0.2) is 41.4 Å². The molecule has 0 aliphatic carbocycles. The van der Waals surface area contributed by atoms with Crippen molar-refractivity contribution < 1.29 is 4.79 Å². The molecule has 1 amide bonds. The smallest absolute Gasteiger partial charge is 0.221 e. The monoisotopic (exact) mass is 337 g/mol. The van der Waals surface area contributed by atoms with E-state index in [0.29, 0.717) is 23.7 Å². The molecule has 7 heteroatoms. The summed E-state index contributed by atoms with van der Waals surface area (Å²) in [5.74, 6) is 0.479. The third-order valence-electron chi connectivity index (χ3n) is 3.16. The van der Waals surface area contributed by atoms with Crippen LogP contribution in [0.4, 0.5) is 5.82 Å². The number of nitrogen functional groups attached to an aromatic ring is 1. The molecule has 0 saturated carbocycles. The normalized spacial score (nSPS) is 9.75. The summed E-state index contributed by atoms with van der Waals surface area (Å²) in [5.41, 5.74) is 7.16. The fraction of sp³-hybridized carbons (Fsp3) is 0.176. The van der Waals surface area contributed by atoms with Crippen LogP contribution in [0.2, 0.25) is 0 Å². The number of carbonyl (C=O) groups excluding carboxylic acids is 1. The van der Waals surface area contributed by atoms with Gasteiger partial charge in [-0.2, -0.15) is 10.5 Å². The summed E-state index contributed by atoms with van der Waals surface area (Å²) in [4.78, 5) is 15.9. The van der Waals surface area contributed by atoms with Gasteiger partial charge in [-0.05, 0) is 11.6 Å². The maximum absolute atomic E-state index is 11.9. The predicted octanol–water partition coefficient (Wildman–Crippen LogP) is 2.21. The van der Waals surface area contributed by atoms with Gasteiger partial charge in [0.1, 0.15) is 23.0 Å². The first kappa shape index (κ1) is 17.3. The number of amides is 1. The molecule has 0 radical (unpaired) electrons. The average Bonchev–Trinajstić information content (AvgIpc) is 2.61. The number of nitrogens with one attached hydrogen (secondary N) is 1. The van der Waals surface area contributed by atoms with Gasteiger partial charge in [0.05, 0.1) is 11.1 Å². The Labute approximate surface area is 144 Å². The molecule has 2 aromatic rings. The molecule has 1 heterocycles. The Balaban J connectivity index is 1.86. The quantitative estimate of drug-likeness (QED) is 0.781. The molecule has 6 nitrogen and oxygen atoms in total. The first-order valence-corrected chi connectivity index (χ1v) is 8.16. The summed E-state index contributed by atoms with van der Waals surface area (Å²) < 4.78 is 0. The molecular formula is C17H15N5OS. The summed E-state index contributed by atoms with van der Waals surface area (Å²) in [6.07, 6.45) is 0.296. The van der Waals surface area contributed by atoms with Crippen LogP contribution < -0.4 is 11.1 Å². The first-order valence-electron chi connectivity index (χ1n) is 7.18. The van der Waals surface area contributed by atoms with Crippen LogP contribution in [0.5, 0.6) is 0 Å². The molecule has 0 bridgehead atoms. The number of nitriles is 2. The van der Waals surface area contributed by atoms with E-state index >= 15 is 0 Å². The second kappa shape index (κ2) is 8.56. The van der Waals surface area contributed by atoms with Gasteiger partial charge in [0, 0.05) is 18.7 Å². The third-order valence-corrected chi connectivity index (χ3v) is 4.15. The SMILES string of the molecule is N#Cc1cc(C#N)c(SCCC(=O)NCc2ccccc2)nc1N. The van der Waals surface area contributed by atoms with Crippen LogP contribution in [-0.4, -0.2) is 16.6 Å². The number of aromatic nitrogens is 1. The number of pyridine rings is 1. The predicted molar refractivity (Wildman–Crippen MR) is 91.7 cm³/mol. The van der Waals surface area contributed by atoms with Gasteiger partial charge >= 0.3 is 0 Å². The minimum Gasteiger partial charge on any atom is -0.383 e. The summed E-state index contributed by atoms with van der Waals surface area (Å²) in [6.45, 7) is 0.482. The molecule has 0 spiro atoms. The lowest BCUT2D eigenvalue weighted by atomic mass is 10.2. The number of nitrogens with zero attached hydrogens (tertiary/aromatic N) is 3. The minimum absolute atomic E-state index is 0.0773. The highest BCUT2D eigenvalue weighted by Crippen LogP contribution is 2.24. The van der Waals surface area contributed by atoms with E-state index in [1.165, 1.54) is 17.8 Å². The minimum atomic E-state index is -0.0773. The van der Waals surface area contributed by atoms with Crippen LogP contribution >= 0.6 is 11.8 Å². The van der Waals surface area contributed by atoms with Crippen molar-refractivity contribution in [2.45, 2.75) is 18.0 Å². The Hall–Kier alpha value is -3.03. The molecule has 1 aromatic heterocycles. The molecule has 0 fully saturated rings. The Kier molecular flexibility index (Phi) is 6.18. The summed E-state index contributed by atoms with van der Waals surface area (Å²) in [7, 11) is 0. The lowest BCUT2D eigenvalue weighted by Crippen LogP contribution is -2.22. The van der Waals surface area contributed by atoms with E-state index in [0.717, 1.165) is 5.56 Å². The van der Waals surface area contributed by atoms with Crippen molar-refractivity contribution in [3.63, 3.8) is 0 Å². The Morgan fingerprint density at radius 2 is 1.92 bits per heavy atom. The third kappa shape index (κ3) is 4.73. The van der Waals surface area contributed by atoms with Crippen molar-refractivity contribution in [3.8, 4) is 12.1 Å². The molecule has 0 aliphatic rings. The number of thioether (sulfide) groups is 1. The van der Waals surface area contributed by atoms with E-state index in [2.05, 4.69) is 10.3 Å². The Morgan fingerprint density at radius 3 is 2.58 bits per heavy atom. The zero-order valence-corrected chi connectivity index (χ0v) is 13.6. The van der Waals surface area contributed by atoms with Crippen molar-refractivity contribution in [2.75, 3.05) is 11.5 Å². The van der Waals surface area contributed by atoms with Crippen molar-refractivity contribution in [1.82, 2.24) is 10.3 Å². The van der Waals surface area contributed by atoms with Crippen LogP contribution in [-0.2, 0) is 11.3 Å². The molecule has 1 aromatic carbocycles. The fourth-order valence-corrected chi connectivity index (χ4v) is 2.82. The van der Waals surface area contributed by atoms with Crippen molar-refractivity contribution in [2.24, 2.45) is 0 Å². The van der Waals surface area contributed by atoms with E-state index < -0.39 is 0 Å². The van der Waals surface area contributed by atoms with E-state index in [1.807, 2.05) is 42.5 Å². The molecule has 0 aliphatic heterocycles. The highest BCUT2D eigenvalue weighted by atomic mass is 32.2. The summed E-state index contributed by atoms with van der Waals surface area (Å²) in [6, 6.07) is 14.9. The number of hydrogen-bond acceptors (Lipinski definition) is 6. The zero-order valence-electron chi connectivity index (χ0n) is 12.8. The van der Waals surface area contributed by atoms with Gasteiger partial charge in [0.2, 0.25) is 5.91 Å². The molecule has 0 unspecified atom stereocenters. The number of nitrogens with two attached hydrogens (primary N) is 1. The second-order valence-corrected chi connectivity index (χ2v) is 5.94. The highest BCUT2D eigenvalue weighted by molar-refractivity contribution is 7.99. The number of carbonyl (C=O) groups is 1. The van der Waals surface area contributed by atoms with Crippen LogP contribution in [0.3, 0.4) is 0 Å². The fourth-order valence-electron chi connectivity index (χ4n) is 1.91. The summed E-state index contributed by atoms with van der Waals surface area (Å²) >= 11 is 1.27. The number of hydrogen-bond donors (Lipinski definition) is 2. The maximum Gasteiger partial charge on any atom is 0.221 e. The van der Waals surface area contributed by atoms with Gasteiger partial charge in [-0.15, -0.1) is 11.8 Å². The van der Waals surface area contributed by atoms with E-state index in [4.69, 9.17) is 16.3 Å².